The van der Waals surface area contributed by atoms with Gasteiger partial charge in [-0.15, -0.1) is 0 Å². The van der Waals surface area contributed by atoms with Gasteiger partial charge in [0.15, 0.2) is 6.23 Å². The standard InChI is InChI=1S/C46H87NO5/c1-7-10-12-14-16-18-20-22-24-26-28-30-32-34-36-38-43(49)51-41(4)45(47-46(5,6)40-42(48)9-3)52-44(50)39-37-35-33-31-29-27-25-23-21-19-17-15-13-11-8-2/h22-25,41-42,45,47-48H,7-21,26-40H2,1-6H3/b24-22-,25-23-. The molecule has 3 atom stereocenters. The average molecular weight is 734 g/mol. The molecule has 0 spiro atoms. The van der Waals surface area contributed by atoms with E-state index in [4.69, 9.17) is 9.47 Å². The molecule has 0 rings (SSSR count). The summed E-state index contributed by atoms with van der Waals surface area (Å²) in [4.78, 5) is 25.7. The van der Waals surface area contributed by atoms with Crippen molar-refractivity contribution >= 4 is 11.9 Å². The molecule has 0 fully saturated rings. The molecule has 0 aromatic rings. The maximum atomic E-state index is 12.9. The molecular weight excluding hydrogens is 647 g/mol. The lowest BCUT2D eigenvalue weighted by molar-refractivity contribution is -0.171. The van der Waals surface area contributed by atoms with Gasteiger partial charge in [-0.2, -0.15) is 0 Å². The number of allylic oxidation sites excluding steroid dienone is 4. The lowest BCUT2D eigenvalue weighted by atomic mass is 9.95. The fourth-order valence-corrected chi connectivity index (χ4v) is 6.63. The van der Waals surface area contributed by atoms with Crippen LogP contribution >= 0.6 is 0 Å². The Kier molecular flexibility index (Phi) is 35.2. The van der Waals surface area contributed by atoms with E-state index in [1.54, 1.807) is 6.92 Å². The number of unbranched alkanes of at least 4 members (excludes halogenated alkanes) is 22. The number of nitrogens with one attached hydrogen (secondary N) is 1. The van der Waals surface area contributed by atoms with Crippen LogP contribution in [0, 0.1) is 0 Å². The van der Waals surface area contributed by atoms with Crippen molar-refractivity contribution in [3.8, 4) is 0 Å². The monoisotopic (exact) mass is 734 g/mol. The smallest absolute Gasteiger partial charge is 0.307 e. The van der Waals surface area contributed by atoms with Gasteiger partial charge in [0.25, 0.3) is 0 Å². The predicted octanol–water partition coefficient (Wildman–Crippen LogP) is 13.4. The summed E-state index contributed by atoms with van der Waals surface area (Å²) in [5.41, 5.74) is -0.506. The zero-order chi connectivity index (χ0) is 38.5. The van der Waals surface area contributed by atoms with Gasteiger partial charge in [0.2, 0.25) is 0 Å². The van der Waals surface area contributed by atoms with Crippen molar-refractivity contribution in [2.45, 2.75) is 258 Å². The molecule has 0 heterocycles. The van der Waals surface area contributed by atoms with Crippen LogP contribution in [0.1, 0.15) is 234 Å². The van der Waals surface area contributed by atoms with Gasteiger partial charge in [-0.3, -0.25) is 14.9 Å². The minimum Gasteiger partial charge on any atom is -0.457 e. The number of carbonyl (C=O) groups is 2. The number of hydrogen-bond acceptors (Lipinski definition) is 6. The quantitative estimate of drug-likeness (QED) is 0.0284. The van der Waals surface area contributed by atoms with Crippen LogP contribution < -0.4 is 5.32 Å². The van der Waals surface area contributed by atoms with Crippen molar-refractivity contribution in [3.05, 3.63) is 24.3 Å². The van der Waals surface area contributed by atoms with Gasteiger partial charge in [-0.25, -0.2) is 0 Å². The summed E-state index contributed by atoms with van der Waals surface area (Å²) in [5, 5.41) is 13.7. The third kappa shape index (κ3) is 34.1. The largest absolute Gasteiger partial charge is 0.457 e. The second-order valence-electron chi connectivity index (χ2n) is 16.1. The molecular formula is C46H87NO5. The Hall–Kier alpha value is -1.66. The van der Waals surface area contributed by atoms with Crippen molar-refractivity contribution in [1.29, 1.82) is 0 Å². The van der Waals surface area contributed by atoms with Crippen LogP contribution in [0.4, 0.5) is 0 Å². The van der Waals surface area contributed by atoms with E-state index in [0.717, 1.165) is 51.4 Å². The van der Waals surface area contributed by atoms with Crippen molar-refractivity contribution in [2.24, 2.45) is 0 Å². The van der Waals surface area contributed by atoms with Crippen LogP contribution in [0.5, 0.6) is 0 Å². The van der Waals surface area contributed by atoms with Gasteiger partial charge in [0.05, 0.1) is 6.10 Å². The first kappa shape index (κ1) is 50.3. The highest BCUT2D eigenvalue weighted by Crippen LogP contribution is 2.19. The van der Waals surface area contributed by atoms with E-state index >= 15 is 0 Å². The lowest BCUT2D eigenvalue weighted by Crippen LogP contribution is -2.54. The fraction of sp³-hybridized carbons (Fsp3) is 0.870. The van der Waals surface area contributed by atoms with Gasteiger partial charge in [0.1, 0.15) is 6.10 Å². The molecule has 306 valence electrons. The first-order valence-electron chi connectivity index (χ1n) is 22.3. The van der Waals surface area contributed by atoms with E-state index in [1.165, 1.54) is 116 Å². The molecule has 0 saturated carbocycles. The summed E-state index contributed by atoms with van der Waals surface area (Å²) >= 11 is 0. The number of aliphatic hydroxyl groups excluding tert-OH is 1. The third-order valence-corrected chi connectivity index (χ3v) is 10.0. The summed E-state index contributed by atoms with van der Waals surface area (Å²) in [6, 6.07) is 0. The molecule has 0 amide bonds. The van der Waals surface area contributed by atoms with E-state index < -0.39 is 24.0 Å². The molecule has 0 radical (unpaired) electrons. The zero-order valence-corrected chi connectivity index (χ0v) is 35.3. The normalized spacial score (nSPS) is 13.9. The van der Waals surface area contributed by atoms with Gasteiger partial charge >= 0.3 is 11.9 Å². The molecule has 3 unspecified atom stereocenters. The predicted molar refractivity (Wildman–Crippen MR) is 222 cm³/mol. The second-order valence-corrected chi connectivity index (χ2v) is 16.1. The lowest BCUT2D eigenvalue weighted by Gasteiger charge is -2.35. The Morgan fingerprint density at radius 3 is 1.29 bits per heavy atom. The van der Waals surface area contributed by atoms with Gasteiger partial charge in [-0.05, 0) is 97.8 Å². The maximum absolute atomic E-state index is 12.9. The van der Waals surface area contributed by atoms with Crippen molar-refractivity contribution in [1.82, 2.24) is 5.32 Å². The van der Waals surface area contributed by atoms with E-state index in [9.17, 15) is 14.7 Å². The van der Waals surface area contributed by atoms with Crippen LogP contribution in [0.25, 0.3) is 0 Å². The molecule has 0 aromatic carbocycles. The zero-order valence-electron chi connectivity index (χ0n) is 35.3. The number of rotatable bonds is 38. The van der Waals surface area contributed by atoms with Crippen molar-refractivity contribution < 1.29 is 24.2 Å². The Morgan fingerprint density at radius 2 is 0.904 bits per heavy atom. The summed E-state index contributed by atoms with van der Waals surface area (Å²) in [6.07, 6.45) is 40.9. The summed E-state index contributed by atoms with van der Waals surface area (Å²) < 4.78 is 11.7. The van der Waals surface area contributed by atoms with E-state index in [0.29, 0.717) is 25.7 Å². The van der Waals surface area contributed by atoms with Crippen LogP contribution in [0.3, 0.4) is 0 Å². The Labute approximate surface area is 323 Å². The van der Waals surface area contributed by atoms with Gasteiger partial charge < -0.3 is 14.6 Å². The highest BCUT2D eigenvalue weighted by atomic mass is 16.6. The summed E-state index contributed by atoms with van der Waals surface area (Å²) in [7, 11) is 0. The highest BCUT2D eigenvalue weighted by Gasteiger charge is 2.32. The van der Waals surface area contributed by atoms with E-state index in [1.807, 2.05) is 20.8 Å². The molecule has 52 heavy (non-hydrogen) atoms. The number of hydrogen-bond donors (Lipinski definition) is 2. The topological polar surface area (TPSA) is 84.9 Å². The average Bonchev–Trinajstić information content (AvgIpc) is 3.10. The molecule has 0 saturated heterocycles. The van der Waals surface area contributed by atoms with E-state index in [2.05, 4.69) is 43.5 Å². The maximum Gasteiger partial charge on any atom is 0.307 e. The molecule has 0 aliphatic carbocycles. The summed E-state index contributed by atoms with van der Waals surface area (Å²) in [5.74, 6) is -0.529. The molecule has 6 heteroatoms. The van der Waals surface area contributed by atoms with Gasteiger partial charge in [0, 0.05) is 18.4 Å². The van der Waals surface area contributed by atoms with E-state index in [-0.39, 0.29) is 11.9 Å². The van der Waals surface area contributed by atoms with Gasteiger partial charge in [-0.1, -0.05) is 148 Å². The summed E-state index contributed by atoms with van der Waals surface area (Å²) in [6.45, 7) is 12.2. The molecule has 0 aliphatic heterocycles. The molecule has 0 aliphatic rings. The van der Waals surface area contributed by atoms with Crippen molar-refractivity contribution in [2.75, 3.05) is 0 Å². The Bertz CT molecular complexity index is 869. The molecule has 0 aromatic heterocycles. The Morgan fingerprint density at radius 1 is 0.558 bits per heavy atom. The highest BCUT2D eigenvalue weighted by molar-refractivity contribution is 5.70. The minimum absolute atomic E-state index is 0.253. The van der Waals surface area contributed by atoms with Crippen molar-refractivity contribution in [3.63, 3.8) is 0 Å². The first-order valence-corrected chi connectivity index (χ1v) is 22.3. The third-order valence-electron chi connectivity index (χ3n) is 10.0. The van der Waals surface area contributed by atoms with Crippen LogP contribution in [0.15, 0.2) is 24.3 Å². The number of ether oxygens (including phenoxy) is 2. The molecule has 2 N–H and O–H groups in total. The van der Waals surface area contributed by atoms with Crippen LogP contribution in [0.2, 0.25) is 0 Å². The minimum atomic E-state index is -0.771. The fourth-order valence-electron chi connectivity index (χ4n) is 6.63. The Balaban J connectivity index is 4.38. The molecule has 6 nitrogen and oxygen atoms in total. The SMILES string of the molecule is CCCCCCCC/C=C\CCCCCCCC(=O)OC(C)C(NC(C)(C)CC(O)CC)OC(=O)CCCCCCC/C=C\CCCCCCCC. The second kappa shape index (κ2) is 36.3. The van der Waals surface area contributed by atoms with Crippen LogP contribution in [-0.4, -0.2) is 41.0 Å². The molecule has 0 bridgehead atoms. The number of carbonyl (C=O) groups excluding carboxylic acids is 2. The number of aliphatic hydroxyl groups is 1. The number of esters is 2. The first-order chi connectivity index (χ1) is 25.1. The van der Waals surface area contributed by atoms with Crippen LogP contribution in [-0.2, 0) is 19.1 Å².